The van der Waals surface area contributed by atoms with Gasteiger partial charge in [0.15, 0.2) is 5.65 Å². The number of halogens is 1. The molecule has 0 amide bonds. The van der Waals surface area contributed by atoms with E-state index in [-0.39, 0.29) is 23.1 Å². The van der Waals surface area contributed by atoms with Crippen LogP contribution in [0.5, 0.6) is 0 Å². The number of benzene rings is 2. The largest absolute Gasteiger partial charge is 0.380 e. The van der Waals surface area contributed by atoms with Crippen molar-refractivity contribution in [1.29, 1.82) is 0 Å². The Hall–Kier alpha value is -3.66. The lowest BCUT2D eigenvalue weighted by atomic mass is 9.91. The minimum Gasteiger partial charge on any atom is -0.380 e. The first-order valence-electron chi connectivity index (χ1n) is 14.1. The van der Waals surface area contributed by atoms with Crippen molar-refractivity contribution >= 4 is 11.0 Å². The van der Waals surface area contributed by atoms with Gasteiger partial charge in [0.2, 0.25) is 0 Å². The zero-order valence-corrected chi connectivity index (χ0v) is 22.5. The molecule has 1 saturated heterocycles. The molecule has 208 valence electrons. The van der Waals surface area contributed by atoms with E-state index in [4.69, 9.17) is 10.5 Å². The minimum atomic E-state index is -0.616. The van der Waals surface area contributed by atoms with Gasteiger partial charge in [0.1, 0.15) is 5.82 Å². The highest BCUT2D eigenvalue weighted by molar-refractivity contribution is 5.77. The van der Waals surface area contributed by atoms with Crippen LogP contribution in [0.1, 0.15) is 43.7 Å². The number of ether oxygens (including phenoxy) is 1. The monoisotopic (exact) mass is 543 g/mol. The van der Waals surface area contributed by atoms with E-state index < -0.39 is 17.1 Å². The van der Waals surface area contributed by atoms with Crippen LogP contribution in [0.15, 0.2) is 70.4 Å². The first-order valence-corrected chi connectivity index (χ1v) is 14.1. The average Bonchev–Trinajstić information content (AvgIpc) is 3.24. The Morgan fingerprint density at radius 1 is 0.950 bits per heavy atom. The third kappa shape index (κ3) is 5.24. The summed E-state index contributed by atoms with van der Waals surface area (Å²) in [7, 11) is 0. The highest BCUT2D eigenvalue weighted by atomic mass is 19.1. The number of nitrogens with two attached hydrogens (primary N) is 1. The molecule has 9 heteroatoms. The second-order valence-corrected chi connectivity index (χ2v) is 10.8. The number of fused-ring (bicyclic) bond motifs is 1. The number of hydrogen-bond donors (Lipinski definition) is 1. The molecule has 6 rings (SSSR count). The van der Waals surface area contributed by atoms with Crippen LogP contribution >= 0.6 is 0 Å². The lowest BCUT2D eigenvalue weighted by Crippen LogP contribution is -2.44. The van der Waals surface area contributed by atoms with Crippen molar-refractivity contribution in [3.8, 4) is 16.8 Å². The van der Waals surface area contributed by atoms with E-state index in [2.05, 4.69) is 16.0 Å². The van der Waals surface area contributed by atoms with Gasteiger partial charge in [-0.25, -0.2) is 18.7 Å². The third-order valence-corrected chi connectivity index (χ3v) is 8.14. The zero-order chi connectivity index (χ0) is 27.6. The lowest BCUT2D eigenvalue weighted by Gasteiger charge is -2.28. The molecule has 1 aliphatic heterocycles. The van der Waals surface area contributed by atoms with Gasteiger partial charge in [0, 0.05) is 38.3 Å². The summed E-state index contributed by atoms with van der Waals surface area (Å²) in [6.45, 7) is 3.63. The SMILES string of the molecule is NC1CCC(n2c(=O)c3cc(F)cnc3n(-c3cc(-c4ccccc4)ccc3CN3CCCOCC3)c2=O)CC1. The molecule has 2 N–H and O–H groups in total. The minimum absolute atomic E-state index is 0.0560. The molecule has 2 aromatic heterocycles. The predicted octanol–water partition coefficient (Wildman–Crippen LogP) is 4.02. The Morgan fingerprint density at radius 2 is 1.75 bits per heavy atom. The first-order chi connectivity index (χ1) is 19.5. The van der Waals surface area contributed by atoms with Gasteiger partial charge >= 0.3 is 5.69 Å². The van der Waals surface area contributed by atoms with Crippen LogP contribution in [0.2, 0.25) is 0 Å². The third-order valence-electron chi connectivity index (χ3n) is 8.14. The molecule has 40 heavy (non-hydrogen) atoms. The molecule has 1 saturated carbocycles. The summed E-state index contributed by atoms with van der Waals surface area (Å²) in [5, 5.41) is 0.0914. The maximum atomic E-state index is 14.5. The fraction of sp³-hybridized carbons (Fsp3) is 0.387. The van der Waals surface area contributed by atoms with Gasteiger partial charge in [-0.05, 0) is 60.9 Å². The van der Waals surface area contributed by atoms with Crippen molar-refractivity contribution in [3.63, 3.8) is 0 Å². The van der Waals surface area contributed by atoms with E-state index >= 15 is 0 Å². The Morgan fingerprint density at radius 3 is 2.55 bits per heavy atom. The summed E-state index contributed by atoms with van der Waals surface area (Å²) in [5.41, 5.74) is 8.83. The van der Waals surface area contributed by atoms with Crippen LogP contribution in [0.4, 0.5) is 4.39 Å². The highest BCUT2D eigenvalue weighted by Gasteiger charge is 2.27. The zero-order valence-electron chi connectivity index (χ0n) is 22.5. The fourth-order valence-corrected chi connectivity index (χ4v) is 5.99. The molecular weight excluding hydrogens is 509 g/mol. The Bertz CT molecular complexity index is 1620. The predicted molar refractivity (Wildman–Crippen MR) is 153 cm³/mol. The van der Waals surface area contributed by atoms with Crippen LogP contribution in [-0.2, 0) is 11.3 Å². The first kappa shape index (κ1) is 26.6. The molecule has 2 fully saturated rings. The standard InChI is InChI=1S/C31H34FN5O3/c32-24-18-27-29(34-19-24)37(31(39)36(30(27)38)26-11-9-25(33)10-12-26)28-17-22(21-5-2-1-3-6-21)7-8-23(28)20-35-13-4-15-40-16-14-35/h1-3,5-8,17-19,25-26H,4,9-16,20,33H2. The van der Waals surface area contributed by atoms with Crippen molar-refractivity contribution in [2.45, 2.75) is 50.7 Å². The van der Waals surface area contributed by atoms with Crippen LogP contribution in [-0.4, -0.2) is 51.4 Å². The summed E-state index contributed by atoms with van der Waals surface area (Å²) < 4.78 is 22.9. The molecule has 0 atom stereocenters. The van der Waals surface area contributed by atoms with E-state index in [1.165, 1.54) is 15.2 Å². The van der Waals surface area contributed by atoms with Gasteiger partial charge in [0.25, 0.3) is 5.56 Å². The van der Waals surface area contributed by atoms with Crippen LogP contribution in [0.3, 0.4) is 0 Å². The average molecular weight is 544 g/mol. The Kier molecular flexibility index (Phi) is 7.60. The number of nitrogens with zero attached hydrogens (tertiary/aromatic N) is 4. The molecule has 3 heterocycles. The Balaban J connectivity index is 1.59. The number of hydrogen-bond acceptors (Lipinski definition) is 6. The summed E-state index contributed by atoms with van der Waals surface area (Å²) in [6, 6.07) is 17.0. The van der Waals surface area contributed by atoms with E-state index in [1.807, 2.05) is 42.5 Å². The van der Waals surface area contributed by atoms with Gasteiger partial charge in [0.05, 0.1) is 23.9 Å². The van der Waals surface area contributed by atoms with E-state index in [9.17, 15) is 14.0 Å². The van der Waals surface area contributed by atoms with E-state index in [0.29, 0.717) is 31.7 Å². The maximum Gasteiger partial charge on any atom is 0.337 e. The van der Waals surface area contributed by atoms with Crippen molar-refractivity contribution in [1.82, 2.24) is 19.0 Å². The smallest absolute Gasteiger partial charge is 0.337 e. The quantitative estimate of drug-likeness (QED) is 0.409. The van der Waals surface area contributed by atoms with Crippen molar-refractivity contribution in [2.75, 3.05) is 26.3 Å². The van der Waals surface area contributed by atoms with Crippen LogP contribution < -0.4 is 17.0 Å². The molecule has 8 nitrogen and oxygen atoms in total. The molecule has 0 spiro atoms. The molecule has 0 unspecified atom stereocenters. The van der Waals surface area contributed by atoms with Crippen LogP contribution in [0, 0.1) is 5.82 Å². The van der Waals surface area contributed by atoms with Gasteiger partial charge in [-0.3, -0.25) is 14.3 Å². The number of pyridine rings is 1. The summed E-state index contributed by atoms with van der Waals surface area (Å²) in [4.78, 5) is 34.6. The summed E-state index contributed by atoms with van der Waals surface area (Å²) >= 11 is 0. The molecular formula is C31H34FN5O3. The number of rotatable bonds is 5. The van der Waals surface area contributed by atoms with E-state index in [1.54, 1.807) is 0 Å². The van der Waals surface area contributed by atoms with Crippen molar-refractivity contribution in [3.05, 3.63) is 93.0 Å². The second-order valence-electron chi connectivity index (χ2n) is 10.8. The van der Waals surface area contributed by atoms with Gasteiger partial charge < -0.3 is 10.5 Å². The van der Waals surface area contributed by atoms with Gasteiger partial charge in [-0.2, -0.15) is 0 Å². The molecule has 1 aliphatic carbocycles. The van der Waals surface area contributed by atoms with Crippen LogP contribution in [0.25, 0.3) is 27.8 Å². The molecule has 2 aromatic carbocycles. The highest BCUT2D eigenvalue weighted by Crippen LogP contribution is 2.29. The molecule has 4 aromatic rings. The van der Waals surface area contributed by atoms with Gasteiger partial charge in [-0.15, -0.1) is 0 Å². The van der Waals surface area contributed by atoms with Crippen molar-refractivity contribution in [2.24, 2.45) is 5.73 Å². The summed E-state index contributed by atoms with van der Waals surface area (Å²) in [5.74, 6) is -0.616. The Labute approximate surface area is 231 Å². The topological polar surface area (TPSA) is 95.4 Å². The molecule has 0 bridgehead atoms. The molecule has 2 aliphatic rings. The van der Waals surface area contributed by atoms with E-state index in [0.717, 1.165) is 61.8 Å². The van der Waals surface area contributed by atoms with Gasteiger partial charge in [-0.1, -0.05) is 42.5 Å². The maximum absolute atomic E-state index is 14.5. The fourth-order valence-electron chi connectivity index (χ4n) is 5.99. The normalized spacial score (nSPS) is 20.4. The summed E-state index contributed by atoms with van der Waals surface area (Å²) in [6.07, 6.45) is 4.68. The second kappa shape index (κ2) is 11.4. The molecule has 0 radical (unpaired) electrons. The number of aromatic nitrogens is 3. The lowest BCUT2D eigenvalue weighted by molar-refractivity contribution is 0.140. The van der Waals surface area contributed by atoms with Crippen molar-refractivity contribution < 1.29 is 9.13 Å².